The van der Waals surface area contributed by atoms with E-state index in [1.165, 1.54) is 21.5 Å². The van der Waals surface area contributed by atoms with Crippen molar-refractivity contribution in [1.82, 2.24) is 24.1 Å². The van der Waals surface area contributed by atoms with Gasteiger partial charge in [-0.05, 0) is 87.9 Å². The Hall–Kier alpha value is -9.65. The molecule has 330 valence electrons. The van der Waals surface area contributed by atoms with Crippen molar-refractivity contribution in [1.29, 1.82) is 0 Å². The number of nitrogens with zero attached hydrogens (tertiary/aromatic N) is 5. The minimum Gasteiger partial charge on any atom is -0.455 e. The molecule has 0 fully saturated rings. The molecule has 4 aromatic heterocycles. The number of hydrogen-bond donors (Lipinski definition) is 0. The van der Waals surface area contributed by atoms with Crippen LogP contribution in [0.25, 0.3) is 144 Å². The second-order valence-corrected chi connectivity index (χ2v) is 18.3. The summed E-state index contributed by atoms with van der Waals surface area (Å²) in [5.41, 5.74) is 12.7. The zero-order valence-electron chi connectivity index (χ0n) is 38.2. The van der Waals surface area contributed by atoms with Crippen molar-refractivity contribution in [3.05, 3.63) is 237 Å². The molecule has 6 nitrogen and oxygen atoms in total. The molecule has 0 unspecified atom stereocenters. The van der Waals surface area contributed by atoms with Gasteiger partial charge in [0.25, 0.3) is 0 Å². The minimum atomic E-state index is 0.545. The molecule has 0 aliphatic heterocycles. The van der Waals surface area contributed by atoms with E-state index in [4.69, 9.17) is 19.4 Å². The summed E-state index contributed by atoms with van der Waals surface area (Å²) in [6.07, 6.45) is 0. The van der Waals surface area contributed by atoms with Gasteiger partial charge in [-0.3, -0.25) is 0 Å². The zero-order valence-corrected chi connectivity index (χ0v) is 38.2. The van der Waals surface area contributed by atoms with E-state index in [1.54, 1.807) is 0 Å². The summed E-state index contributed by atoms with van der Waals surface area (Å²) in [6, 6.07) is 83.8. The number of fused-ring (bicyclic) bond motifs is 12. The standard InChI is InChI=1S/C65H39N5O/c1-3-17-40(18-4-1)42-22-15-23-45(35-42)63-66-64(53-30-16-29-51-49-27-11-14-32-57(49)70(61(51)53)46-24-5-2-6-25-46)68-65(67-63)55-38-47(39-59-60(55)52-34-33-41-19-9-10-26-48(41)62(52)71-59)69-56-31-13-12-28-50(56)54-36-43-20-7-8-21-44(43)37-58(54)69/h1-39H. The Morgan fingerprint density at radius 1 is 0.310 bits per heavy atom. The van der Waals surface area contributed by atoms with Gasteiger partial charge in [-0.15, -0.1) is 0 Å². The third kappa shape index (κ3) is 6.11. The van der Waals surface area contributed by atoms with Crippen LogP contribution >= 0.6 is 0 Å². The molecule has 0 aliphatic rings. The highest BCUT2D eigenvalue weighted by Gasteiger charge is 2.25. The predicted octanol–water partition coefficient (Wildman–Crippen LogP) is 16.9. The first-order valence-corrected chi connectivity index (χ1v) is 24.0. The van der Waals surface area contributed by atoms with E-state index in [9.17, 15) is 0 Å². The third-order valence-corrected chi connectivity index (χ3v) is 14.3. The van der Waals surface area contributed by atoms with Gasteiger partial charge in [0, 0.05) is 66.1 Å². The van der Waals surface area contributed by atoms with Gasteiger partial charge in [-0.1, -0.05) is 170 Å². The first-order chi connectivity index (χ1) is 35.2. The fourth-order valence-electron chi connectivity index (χ4n) is 11.1. The van der Waals surface area contributed by atoms with E-state index >= 15 is 0 Å². The predicted molar refractivity (Wildman–Crippen MR) is 293 cm³/mol. The van der Waals surface area contributed by atoms with Gasteiger partial charge in [0.05, 0.1) is 27.8 Å². The van der Waals surface area contributed by atoms with Crippen molar-refractivity contribution in [2.24, 2.45) is 0 Å². The molecule has 0 radical (unpaired) electrons. The van der Waals surface area contributed by atoms with E-state index in [1.807, 2.05) is 6.07 Å². The summed E-state index contributed by atoms with van der Waals surface area (Å²) in [7, 11) is 0. The molecular weight excluding hydrogens is 867 g/mol. The molecule has 15 rings (SSSR count). The van der Waals surface area contributed by atoms with Crippen LogP contribution in [0.1, 0.15) is 0 Å². The molecule has 0 amide bonds. The second-order valence-electron chi connectivity index (χ2n) is 18.3. The summed E-state index contributed by atoms with van der Waals surface area (Å²) in [4.78, 5) is 16.7. The Bertz CT molecular complexity index is 4640. The van der Waals surface area contributed by atoms with Crippen LogP contribution in [0, 0.1) is 0 Å². The van der Waals surface area contributed by atoms with Gasteiger partial charge in [0.1, 0.15) is 11.2 Å². The maximum absolute atomic E-state index is 7.12. The van der Waals surface area contributed by atoms with E-state index in [0.29, 0.717) is 17.5 Å². The number of para-hydroxylation sites is 4. The smallest absolute Gasteiger partial charge is 0.166 e. The molecule has 0 spiro atoms. The summed E-state index contributed by atoms with van der Waals surface area (Å²) in [5.74, 6) is 1.69. The molecular formula is C65H39N5O. The quantitative estimate of drug-likeness (QED) is 0.167. The Morgan fingerprint density at radius 3 is 1.70 bits per heavy atom. The van der Waals surface area contributed by atoms with Crippen LogP contribution in [0.3, 0.4) is 0 Å². The van der Waals surface area contributed by atoms with Crippen LogP contribution in [0.2, 0.25) is 0 Å². The molecule has 71 heavy (non-hydrogen) atoms. The maximum Gasteiger partial charge on any atom is 0.166 e. The first kappa shape index (κ1) is 39.4. The summed E-state index contributed by atoms with van der Waals surface area (Å²) >= 11 is 0. The zero-order chi connectivity index (χ0) is 46.6. The van der Waals surface area contributed by atoms with Crippen LogP contribution in [0.4, 0.5) is 0 Å². The van der Waals surface area contributed by atoms with E-state index < -0.39 is 0 Å². The lowest BCUT2D eigenvalue weighted by Gasteiger charge is -2.14. The lowest BCUT2D eigenvalue weighted by atomic mass is 10.0. The highest BCUT2D eigenvalue weighted by molar-refractivity contribution is 6.20. The minimum absolute atomic E-state index is 0.545. The highest BCUT2D eigenvalue weighted by Crippen LogP contribution is 2.44. The van der Waals surface area contributed by atoms with Gasteiger partial charge < -0.3 is 13.6 Å². The normalized spacial score (nSPS) is 11.9. The molecule has 11 aromatic carbocycles. The Morgan fingerprint density at radius 2 is 0.901 bits per heavy atom. The number of rotatable bonds is 6. The second kappa shape index (κ2) is 15.4. The van der Waals surface area contributed by atoms with Crippen LogP contribution in [0.15, 0.2) is 241 Å². The lowest BCUT2D eigenvalue weighted by molar-refractivity contribution is 0.672. The SMILES string of the molecule is c1ccc(-c2cccc(-c3nc(-c4cc(-n5c6ccccc6c6cc7ccccc7cc65)cc5oc6c7ccccc7ccc6c45)nc(-c4cccc5c6ccccc6n(-c6ccccc6)c45)n3)c2)cc1. The monoisotopic (exact) mass is 905 g/mol. The van der Waals surface area contributed by atoms with Crippen LogP contribution in [0.5, 0.6) is 0 Å². The molecule has 0 saturated carbocycles. The molecule has 0 bridgehead atoms. The van der Waals surface area contributed by atoms with E-state index in [-0.39, 0.29) is 0 Å². The average Bonchev–Trinajstić information content (AvgIpc) is 4.10. The average molecular weight is 906 g/mol. The van der Waals surface area contributed by atoms with Crippen molar-refractivity contribution >= 4 is 87.1 Å². The molecule has 6 heteroatoms. The van der Waals surface area contributed by atoms with Crippen molar-refractivity contribution in [3.63, 3.8) is 0 Å². The molecule has 15 aromatic rings. The molecule has 0 aliphatic carbocycles. The van der Waals surface area contributed by atoms with Crippen LogP contribution in [-0.4, -0.2) is 24.1 Å². The van der Waals surface area contributed by atoms with Gasteiger partial charge in [-0.2, -0.15) is 0 Å². The fourth-order valence-corrected chi connectivity index (χ4v) is 11.1. The fraction of sp³-hybridized carbons (Fsp3) is 0. The first-order valence-electron chi connectivity index (χ1n) is 24.0. The Labute approximate surface area is 407 Å². The Balaban J connectivity index is 1.07. The number of hydrogen-bond acceptors (Lipinski definition) is 4. The third-order valence-electron chi connectivity index (χ3n) is 14.3. The van der Waals surface area contributed by atoms with Crippen LogP contribution in [-0.2, 0) is 0 Å². The number of benzene rings is 11. The van der Waals surface area contributed by atoms with Gasteiger partial charge in [0.15, 0.2) is 17.5 Å². The lowest BCUT2D eigenvalue weighted by Crippen LogP contribution is -2.03. The number of aromatic nitrogens is 5. The molecule has 0 atom stereocenters. The van der Waals surface area contributed by atoms with Gasteiger partial charge >= 0.3 is 0 Å². The van der Waals surface area contributed by atoms with Gasteiger partial charge in [0.2, 0.25) is 0 Å². The maximum atomic E-state index is 7.12. The van der Waals surface area contributed by atoms with Crippen molar-refractivity contribution in [2.45, 2.75) is 0 Å². The summed E-state index contributed by atoms with van der Waals surface area (Å²) < 4.78 is 11.8. The van der Waals surface area contributed by atoms with Crippen molar-refractivity contribution in [3.8, 4) is 56.7 Å². The summed E-state index contributed by atoms with van der Waals surface area (Å²) in [6.45, 7) is 0. The van der Waals surface area contributed by atoms with Crippen molar-refractivity contribution in [2.75, 3.05) is 0 Å². The number of furan rings is 1. The molecule has 0 N–H and O–H groups in total. The van der Waals surface area contributed by atoms with E-state index in [2.05, 4.69) is 240 Å². The molecule has 4 heterocycles. The van der Waals surface area contributed by atoms with E-state index in [0.717, 1.165) is 105 Å². The largest absolute Gasteiger partial charge is 0.455 e. The van der Waals surface area contributed by atoms with Gasteiger partial charge in [-0.25, -0.2) is 15.0 Å². The Kier molecular flexibility index (Phi) is 8.56. The highest BCUT2D eigenvalue weighted by atomic mass is 16.3. The van der Waals surface area contributed by atoms with Crippen LogP contribution < -0.4 is 0 Å². The topological polar surface area (TPSA) is 61.7 Å². The molecule has 0 saturated heterocycles. The van der Waals surface area contributed by atoms with Crippen molar-refractivity contribution < 1.29 is 4.42 Å². The summed E-state index contributed by atoms with van der Waals surface area (Å²) in [5, 5.41) is 11.1.